The van der Waals surface area contributed by atoms with Gasteiger partial charge in [-0.2, -0.15) is 0 Å². The Labute approximate surface area is 213 Å². The molecular formula is C26H29ClFN5O3. The second-order valence-corrected chi connectivity index (χ2v) is 10.3. The van der Waals surface area contributed by atoms with Crippen LogP contribution < -0.4 is 4.74 Å². The Morgan fingerprint density at radius 3 is 2.75 bits per heavy atom. The monoisotopic (exact) mass is 513 g/mol. The molecule has 0 unspecified atom stereocenters. The van der Waals surface area contributed by atoms with E-state index in [9.17, 15) is 9.50 Å². The number of rotatable bonds is 8. The molecule has 0 aliphatic carbocycles. The molecule has 0 bridgehead atoms. The molecule has 36 heavy (non-hydrogen) atoms. The molecule has 0 spiro atoms. The zero-order chi connectivity index (χ0) is 25.6. The van der Waals surface area contributed by atoms with Crippen LogP contribution in [0.4, 0.5) is 4.39 Å². The molecule has 0 amide bonds. The smallest absolute Gasteiger partial charge is 0.254 e. The summed E-state index contributed by atoms with van der Waals surface area (Å²) in [5, 5.41) is 23.6. The molecule has 0 radical (unpaired) electrons. The van der Waals surface area contributed by atoms with Crippen molar-refractivity contribution in [3.8, 4) is 22.9 Å². The molecule has 190 valence electrons. The summed E-state index contributed by atoms with van der Waals surface area (Å²) in [6.07, 6.45) is 0. The average molecular weight is 514 g/mol. The van der Waals surface area contributed by atoms with Gasteiger partial charge in [-0.15, -0.1) is 10.2 Å². The van der Waals surface area contributed by atoms with Gasteiger partial charge in [-0.1, -0.05) is 32.4 Å². The van der Waals surface area contributed by atoms with E-state index in [1.165, 1.54) is 6.07 Å². The van der Waals surface area contributed by atoms with Gasteiger partial charge in [-0.05, 0) is 41.8 Å². The fourth-order valence-electron chi connectivity index (χ4n) is 4.53. The molecule has 1 fully saturated rings. The minimum atomic E-state index is -0.547. The zero-order valence-corrected chi connectivity index (χ0v) is 21.4. The molecule has 1 aliphatic rings. The first-order valence-corrected chi connectivity index (χ1v) is 12.4. The molecule has 10 heteroatoms. The number of phenols is 1. The second-order valence-electron chi connectivity index (χ2n) is 9.84. The first-order chi connectivity index (χ1) is 17.2. The number of nitrogens with zero attached hydrogens (tertiary/aromatic N) is 4. The lowest BCUT2D eigenvalue weighted by Gasteiger charge is -2.39. The Morgan fingerprint density at radius 1 is 1.22 bits per heavy atom. The largest absolute Gasteiger partial charge is 0.506 e. The standard InChI is InChI=1S/C26H29ClFN5O3/c1-13(2)14(3)22-10-23(32-36-22)35-6-5-33-11-16(12-33)24-15(4)18-9-21(30-31-26(18)29-24)19-7-17(28)8-20(27)25(19)34/h7-10,13-14,16,34H,5-6,11-12H2,1-4H3,(H,29,31)/t14-/m1/s1. The van der Waals surface area contributed by atoms with Gasteiger partial charge < -0.3 is 19.4 Å². The summed E-state index contributed by atoms with van der Waals surface area (Å²) >= 11 is 5.93. The van der Waals surface area contributed by atoms with Crippen LogP contribution in [0.15, 0.2) is 28.8 Å². The van der Waals surface area contributed by atoms with Crippen molar-refractivity contribution in [2.45, 2.75) is 39.5 Å². The van der Waals surface area contributed by atoms with E-state index in [1.807, 2.05) is 13.0 Å². The Bertz CT molecular complexity index is 1400. The highest BCUT2D eigenvalue weighted by atomic mass is 35.5. The number of nitrogens with one attached hydrogen (secondary N) is 1. The number of ether oxygens (including phenoxy) is 1. The molecule has 1 aromatic carbocycles. The summed E-state index contributed by atoms with van der Waals surface area (Å²) in [5.74, 6) is 1.72. The molecule has 4 heterocycles. The highest BCUT2D eigenvalue weighted by Gasteiger charge is 2.31. The van der Waals surface area contributed by atoms with E-state index in [1.54, 1.807) is 6.07 Å². The van der Waals surface area contributed by atoms with E-state index < -0.39 is 5.82 Å². The van der Waals surface area contributed by atoms with E-state index in [0.29, 0.717) is 41.6 Å². The molecule has 3 aromatic heterocycles. The Kier molecular flexibility index (Phi) is 6.61. The fourth-order valence-corrected chi connectivity index (χ4v) is 4.74. The minimum Gasteiger partial charge on any atom is -0.506 e. The lowest BCUT2D eigenvalue weighted by atomic mass is 9.93. The molecule has 5 rings (SSSR count). The topological polar surface area (TPSA) is 100 Å². The van der Waals surface area contributed by atoms with Crippen LogP contribution in [0.1, 0.15) is 49.6 Å². The SMILES string of the molecule is Cc1c(C2CN(CCOc3cc([C@H](C)C(C)C)on3)C2)[nH]c2nnc(-c3cc(F)cc(Cl)c3O)cc12. The van der Waals surface area contributed by atoms with Crippen molar-refractivity contribution in [3.63, 3.8) is 0 Å². The molecule has 0 saturated carbocycles. The Balaban J connectivity index is 1.21. The van der Waals surface area contributed by atoms with E-state index in [0.717, 1.165) is 48.1 Å². The molecule has 8 nitrogen and oxygen atoms in total. The predicted octanol–water partition coefficient (Wildman–Crippen LogP) is 5.66. The molecular weight excluding hydrogens is 485 g/mol. The summed E-state index contributed by atoms with van der Waals surface area (Å²) in [5.41, 5.74) is 3.41. The summed E-state index contributed by atoms with van der Waals surface area (Å²) < 4.78 is 25.1. The maximum absolute atomic E-state index is 13.9. The maximum Gasteiger partial charge on any atom is 0.254 e. The van der Waals surface area contributed by atoms with Gasteiger partial charge in [0.1, 0.15) is 23.9 Å². The number of hydrogen-bond acceptors (Lipinski definition) is 7. The number of aromatic nitrogens is 4. The lowest BCUT2D eigenvalue weighted by Crippen LogP contribution is -2.47. The van der Waals surface area contributed by atoms with Crippen molar-refractivity contribution >= 4 is 22.6 Å². The van der Waals surface area contributed by atoms with Crippen molar-refractivity contribution in [3.05, 3.63) is 52.1 Å². The van der Waals surface area contributed by atoms with Gasteiger partial charge in [0.2, 0.25) is 0 Å². The highest BCUT2D eigenvalue weighted by molar-refractivity contribution is 6.32. The van der Waals surface area contributed by atoms with E-state index >= 15 is 0 Å². The Morgan fingerprint density at radius 2 is 2.00 bits per heavy atom. The van der Waals surface area contributed by atoms with Gasteiger partial charge in [-0.3, -0.25) is 4.90 Å². The number of hydrogen-bond donors (Lipinski definition) is 2. The fraction of sp³-hybridized carbons (Fsp3) is 0.423. The predicted molar refractivity (Wildman–Crippen MR) is 135 cm³/mol. The van der Waals surface area contributed by atoms with Crippen molar-refractivity contribution in [2.75, 3.05) is 26.2 Å². The van der Waals surface area contributed by atoms with Crippen LogP contribution >= 0.6 is 11.6 Å². The van der Waals surface area contributed by atoms with Crippen LogP contribution in [-0.2, 0) is 0 Å². The normalized spacial score (nSPS) is 15.5. The first kappa shape index (κ1) is 24.5. The third-order valence-electron chi connectivity index (χ3n) is 7.14. The van der Waals surface area contributed by atoms with Crippen molar-refractivity contribution in [1.82, 2.24) is 25.2 Å². The Hall–Kier alpha value is -3.17. The van der Waals surface area contributed by atoms with Crippen molar-refractivity contribution < 1.29 is 18.8 Å². The maximum atomic E-state index is 13.9. The molecule has 1 saturated heterocycles. The minimum absolute atomic E-state index is 0.0639. The average Bonchev–Trinajstić information content (AvgIpc) is 3.41. The molecule has 1 aliphatic heterocycles. The van der Waals surface area contributed by atoms with Crippen LogP contribution in [0.25, 0.3) is 22.3 Å². The number of aryl methyl sites for hydroxylation is 1. The number of halogens is 2. The van der Waals surface area contributed by atoms with E-state index in [2.05, 4.69) is 46.0 Å². The number of phenolic OH excluding ortho intramolecular Hbond substituents is 1. The van der Waals surface area contributed by atoms with E-state index in [4.69, 9.17) is 20.9 Å². The number of likely N-dealkylation sites (tertiary alicyclic amines) is 1. The number of aromatic amines is 1. The van der Waals surface area contributed by atoms with E-state index in [-0.39, 0.29) is 16.3 Å². The third-order valence-corrected chi connectivity index (χ3v) is 7.43. The van der Waals surface area contributed by atoms with Crippen LogP contribution in [-0.4, -0.2) is 56.6 Å². The second kappa shape index (κ2) is 9.71. The van der Waals surface area contributed by atoms with Crippen molar-refractivity contribution in [1.29, 1.82) is 0 Å². The highest BCUT2D eigenvalue weighted by Crippen LogP contribution is 2.37. The van der Waals surface area contributed by atoms with Crippen LogP contribution in [0.5, 0.6) is 11.6 Å². The molecule has 1 atom stereocenters. The number of fused-ring (bicyclic) bond motifs is 1. The summed E-state index contributed by atoms with van der Waals surface area (Å²) in [7, 11) is 0. The summed E-state index contributed by atoms with van der Waals surface area (Å²) in [4.78, 5) is 5.71. The summed E-state index contributed by atoms with van der Waals surface area (Å²) in [6.45, 7) is 11.6. The first-order valence-electron chi connectivity index (χ1n) is 12.1. The lowest BCUT2D eigenvalue weighted by molar-refractivity contribution is 0.117. The van der Waals surface area contributed by atoms with Gasteiger partial charge in [0.25, 0.3) is 5.88 Å². The third kappa shape index (κ3) is 4.65. The number of benzene rings is 1. The quantitative estimate of drug-likeness (QED) is 0.313. The number of H-pyrrole nitrogens is 1. The van der Waals surface area contributed by atoms with Gasteiger partial charge in [0, 0.05) is 54.2 Å². The molecule has 2 N–H and O–H groups in total. The molecule has 4 aromatic rings. The van der Waals surface area contributed by atoms with Gasteiger partial charge in [-0.25, -0.2) is 4.39 Å². The van der Waals surface area contributed by atoms with Crippen LogP contribution in [0.3, 0.4) is 0 Å². The van der Waals surface area contributed by atoms with Crippen LogP contribution in [0, 0.1) is 18.7 Å². The van der Waals surface area contributed by atoms with Gasteiger partial charge in [0.05, 0.1) is 10.7 Å². The van der Waals surface area contributed by atoms with Crippen molar-refractivity contribution in [2.24, 2.45) is 5.92 Å². The summed E-state index contributed by atoms with van der Waals surface area (Å²) in [6, 6.07) is 5.95. The van der Waals surface area contributed by atoms with Crippen LogP contribution in [0.2, 0.25) is 5.02 Å². The van der Waals surface area contributed by atoms with Gasteiger partial charge in [0.15, 0.2) is 5.65 Å². The van der Waals surface area contributed by atoms with Gasteiger partial charge >= 0.3 is 0 Å². The zero-order valence-electron chi connectivity index (χ0n) is 20.7. The number of aromatic hydroxyl groups is 1.